The Morgan fingerprint density at radius 3 is 1.60 bits per heavy atom. The SMILES string of the molecule is CC1=C(C)N(O)C(Br)N1O. The van der Waals surface area contributed by atoms with Gasteiger partial charge in [-0.05, 0) is 29.8 Å². The van der Waals surface area contributed by atoms with Gasteiger partial charge in [0.15, 0.2) is 0 Å². The van der Waals surface area contributed by atoms with E-state index in [0.29, 0.717) is 11.4 Å². The third-order valence-electron chi connectivity index (χ3n) is 1.61. The molecule has 2 N–H and O–H groups in total. The zero-order valence-electron chi connectivity index (χ0n) is 5.74. The van der Waals surface area contributed by atoms with Gasteiger partial charge >= 0.3 is 0 Å². The predicted molar refractivity (Wildman–Crippen MR) is 38.3 cm³/mol. The summed E-state index contributed by atoms with van der Waals surface area (Å²) in [5.74, 6) is 0. The minimum absolute atomic E-state index is 0.549. The fraction of sp³-hybridized carbons (Fsp3) is 0.600. The van der Waals surface area contributed by atoms with Gasteiger partial charge in [0.2, 0.25) is 5.08 Å². The van der Waals surface area contributed by atoms with Gasteiger partial charge in [-0.3, -0.25) is 10.4 Å². The van der Waals surface area contributed by atoms with E-state index in [1.165, 1.54) is 0 Å². The second-order valence-electron chi connectivity index (χ2n) is 2.17. The zero-order valence-corrected chi connectivity index (χ0v) is 7.33. The normalized spacial score (nSPS) is 21.3. The van der Waals surface area contributed by atoms with Crippen LogP contribution in [0.4, 0.5) is 0 Å². The second-order valence-corrected chi connectivity index (χ2v) is 2.99. The Morgan fingerprint density at radius 2 is 1.50 bits per heavy atom. The lowest BCUT2D eigenvalue weighted by molar-refractivity contribution is -0.153. The molecular weight excluding hydrogens is 200 g/mol. The molecular formula is C5H9BrN2O2. The first kappa shape index (κ1) is 7.84. The molecule has 1 aliphatic rings. The van der Waals surface area contributed by atoms with E-state index in [1.807, 2.05) is 0 Å². The molecule has 0 bridgehead atoms. The lowest BCUT2D eigenvalue weighted by Crippen LogP contribution is -2.30. The summed E-state index contributed by atoms with van der Waals surface area (Å²) in [7, 11) is 0. The van der Waals surface area contributed by atoms with Crippen LogP contribution in [0.25, 0.3) is 0 Å². The smallest absolute Gasteiger partial charge is 0.205 e. The van der Waals surface area contributed by atoms with Crippen LogP contribution < -0.4 is 0 Å². The third-order valence-corrected chi connectivity index (χ3v) is 2.39. The highest BCUT2D eigenvalue weighted by Crippen LogP contribution is 2.27. The van der Waals surface area contributed by atoms with Gasteiger partial charge in [-0.1, -0.05) is 0 Å². The molecule has 0 aromatic heterocycles. The summed E-state index contributed by atoms with van der Waals surface area (Å²) >= 11 is 3.06. The first-order chi connectivity index (χ1) is 4.55. The number of halogens is 1. The van der Waals surface area contributed by atoms with Gasteiger partial charge in [-0.2, -0.15) is 0 Å². The summed E-state index contributed by atoms with van der Waals surface area (Å²) in [4.78, 5) is 0. The highest BCUT2D eigenvalue weighted by molar-refractivity contribution is 9.09. The van der Waals surface area contributed by atoms with Crippen molar-refractivity contribution in [1.82, 2.24) is 10.1 Å². The molecule has 0 fully saturated rings. The number of alkyl halides is 1. The van der Waals surface area contributed by atoms with Gasteiger partial charge in [0.25, 0.3) is 0 Å². The summed E-state index contributed by atoms with van der Waals surface area (Å²) in [6.07, 6.45) is 0. The molecule has 0 saturated heterocycles. The van der Waals surface area contributed by atoms with E-state index in [-0.39, 0.29) is 0 Å². The van der Waals surface area contributed by atoms with Crippen LogP contribution in [0.5, 0.6) is 0 Å². The average molecular weight is 209 g/mol. The van der Waals surface area contributed by atoms with Gasteiger partial charge in [-0.15, -0.1) is 0 Å². The number of hydroxylamine groups is 4. The van der Waals surface area contributed by atoms with E-state index in [9.17, 15) is 0 Å². The maximum absolute atomic E-state index is 9.13. The molecule has 0 aliphatic carbocycles. The highest BCUT2D eigenvalue weighted by atomic mass is 79.9. The Labute approximate surface area is 67.4 Å². The first-order valence-electron chi connectivity index (χ1n) is 2.83. The van der Waals surface area contributed by atoms with Crippen LogP contribution in [-0.2, 0) is 0 Å². The molecule has 0 atom stereocenters. The van der Waals surface area contributed by atoms with Crippen molar-refractivity contribution in [3.05, 3.63) is 11.4 Å². The number of hydrogen-bond donors (Lipinski definition) is 2. The van der Waals surface area contributed by atoms with Gasteiger partial charge < -0.3 is 0 Å². The molecule has 5 heteroatoms. The van der Waals surface area contributed by atoms with Crippen molar-refractivity contribution in [2.45, 2.75) is 18.9 Å². The van der Waals surface area contributed by atoms with Crippen molar-refractivity contribution in [2.75, 3.05) is 0 Å². The van der Waals surface area contributed by atoms with Crippen LogP contribution >= 0.6 is 15.9 Å². The van der Waals surface area contributed by atoms with E-state index < -0.39 is 5.08 Å². The van der Waals surface area contributed by atoms with Crippen molar-refractivity contribution >= 4 is 15.9 Å². The molecule has 0 aromatic rings. The van der Waals surface area contributed by atoms with E-state index >= 15 is 0 Å². The van der Waals surface area contributed by atoms with Crippen LogP contribution in [0.1, 0.15) is 13.8 Å². The van der Waals surface area contributed by atoms with Crippen LogP contribution in [-0.4, -0.2) is 25.6 Å². The molecule has 0 spiro atoms. The molecule has 0 unspecified atom stereocenters. The summed E-state index contributed by atoms with van der Waals surface area (Å²) in [6.45, 7) is 3.44. The summed E-state index contributed by atoms with van der Waals surface area (Å²) in [5.41, 5.74) is 1.29. The maximum atomic E-state index is 9.13. The average Bonchev–Trinajstić information content (AvgIpc) is 2.07. The minimum Gasteiger partial charge on any atom is -0.286 e. The van der Waals surface area contributed by atoms with Crippen LogP contribution in [0.15, 0.2) is 11.4 Å². The van der Waals surface area contributed by atoms with Crippen molar-refractivity contribution in [2.24, 2.45) is 0 Å². The predicted octanol–water partition coefficient (Wildman–Crippen LogP) is 1.31. The van der Waals surface area contributed by atoms with E-state index in [4.69, 9.17) is 10.4 Å². The van der Waals surface area contributed by atoms with Crippen LogP contribution in [0, 0.1) is 0 Å². The van der Waals surface area contributed by atoms with Gasteiger partial charge in [0.05, 0.1) is 11.4 Å². The molecule has 0 saturated carbocycles. The molecule has 0 radical (unpaired) electrons. The fourth-order valence-corrected chi connectivity index (χ4v) is 1.37. The Kier molecular flexibility index (Phi) is 1.89. The summed E-state index contributed by atoms with van der Waals surface area (Å²) in [6, 6.07) is 0. The lowest BCUT2D eigenvalue weighted by atomic mass is 10.4. The van der Waals surface area contributed by atoms with Crippen molar-refractivity contribution in [3.8, 4) is 0 Å². The van der Waals surface area contributed by atoms with Crippen molar-refractivity contribution < 1.29 is 10.4 Å². The maximum Gasteiger partial charge on any atom is 0.205 e. The molecule has 1 heterocycles. The molecule has 1 aliphatic heterocycles. The van der Waals surface area contributed by atoms with Gasteiger partial charge in [0.1, 0.15) is 0 Å². The van der Waals surface area contributed by atoms with E-state index in [1.54, 1.807) is 13.8 Å². The highest BCUT2D eigenvalue weighted by Gasteiger charge is 2.30. The standard InChI is InChI=1S/C5H9BrN2O2/c1-3-4(2)8(10)5(6)7(3)9/h5,9-10H,1-2H3. The topological polar surface area (TPSA) is 46.9 Å². The number of rotatable bonds is 0. The zero-order chi connectivity index (χ0) is 7.89. The van der Waals surface area contributed by atoms with Gasteiger partial charge in [0, 0.05) is 0 Å². The molecule has 0 amide bonds. The monoisotopic (exact) mass is 208 g/mol. The summed E-state index contributed by atoms with van der Waals surface area (Å²) < 4.78 is 0. The van der Waals surface area contributed by atoms with Gasteiger partial charge in [-0.25, -0.2) is 10.1 Å². The molecule has 10 heavy (non-hydrogen) atoms. The quantitative estimate of drug-likeness (QED) is 0.466. The number of hydrogen-bond acceptors (Lipinski definition) is 4. The second kappa shape index (κ2) is 2.41. The fourth-order valence-electron chi connectivity index (χ4n) is 0.755. The number of allylic oxidation sites excluding steroid dienone is 2. The molecule has 4 nitrogen and oxygen atoms in total. The largest absolute Gasteiger partial charge is 0.286 e. The summed E-state index contributed by atoms with van der Waals surface area (Å²) in [5, 5.41) is 19.6. The molecule has 58 valence electrons. The Hall–Kier alpha value is -0.260. The number of nitrogens with zero attached hydrogens (tertiary/aromatic N) is 2. The van der Waals surface area contributed by atoms with Crippen molar-refractivity contribution in [3.63, 3.8) is 0 Å². The Balaban J connectivity index is 2.88. The lowest BCUT2D eigenvalue weighted by Gasteiger charge is -2.19. The third kappa shape index (κ3) is 0.902. The Morgan fingerprint density at radius 1 is 1.20 bits per heavy atom. The minimum atomic E-state index is -0.549. The van der Waals surface area contributed by atoms with Crippen LogP contribution in [0.2, 0.25) is 0 Å². The van der Waals surface area contributed by atoms with E-state index in [0.717, 1.165) is 10.1 Å². The Bertz CT molecular complexity index is 164. The van der Waals surface area contributed by atoms with E-state index in [2.05, 4.69) is 15.9 Å². The first-order valence-corrected chi connectivity index (χ1v) is 3.75. The molecule has 1 rings (SSSR count). The molecule has 0 aromatic carbocycles. The van der Waals surface area contributed by atoms with Crippen molar-refractivity contribution in [1.29, 1.82) is 0 Å². The van der Waals surface area contributed by atoms with Crippen LogP contribution in [0.3, 0.4) is 0 Å².